The minimum absolute atomic E-state index is 0.0260. The van der Waals surface area contributed by atoms with Crippen LogP contribution in [0.4, 0.5) is 10.1 Å². The van der Waals surface area contributed by atoms with Crippen LogP contribution in [0.3, 0.4) is 0 Å². The predicted octanol–water partition coefficient (Wildman–Crippen LogP) is 1.21. The van der Waals surface area contributed by atoms with Gasteiger partial charge >= 0.3 is 0 Å². The summed E-state index contributed by atoms with van der Waals surface area (Å²) in [6, 6.07) is 10.8. The van der Waals surface area contributed by atoms with E-state index in [0.717, 1.165) is 0 Å². The van der Waals surface area contributed by atoms with Crippen LogP contribution in [-0.4, -0.2) is 18.5 Å². The summed E-state index contributed by atoms with van der Waals surface area (Å²) in [5.41, 5.74) is 0.482. The van der Waals surface area contributed by atoms with Gasteiger partial charge in [0, 0.05) is 5.69 Å². The summed E-state index contributed by atoms with van der Waals surface area (Å²) in [6.45, 7) is -0.248. The Kier molecular flexibility index (Phi) is 4.50. The molecule has 0 unspecified atom stereocenters. The molecule has 5 nitrogen and oxygen atoms in total. The van der Waals surface area contributed by atoms with Gasteiger partial charge in [0.1, 0.15) is 11.6 Å². The SMILES string of the molecule is O=C(COc1ccc(C(=O)[O-])cc1)Nc1ccc(F)cc1. The molecule has 21 heavy (non-hydrogen) atoms. The molecular formula is C15H11FNO4-. The molecule has 2 aromatic carbocycles. The number of amides is 1. The van der Waals surface area contributed by atoms with Crippen LogP contribution >= 0.6 is 0 Å². The summed E-state index contributed by atoms with van der Waals surface area (Å²) in [7, 11) is 0. The van der Waals surface area contributed by atoms with E-state index in [-0.39, 0.29) is 12.2 Å². The summed E-state index contributed by atoms with van der Waals surface area (Å²) in [5.74, 6) is -1.73. The maximum atomic E-state index is 12.7. The van der Waals surface area contributed by atoms with Gasteiger partial charge in [-0.25, -0.2) is 4.39 Å². The van der Waals surface area contributed by atoms with Crippen molar-refractivity contribution in [2.24, 2.45) is 0 Å². The smallest absolute Gasteiger partial charge is 0.262 e. The average Bonchev–Trinajstić information content (AvgIpc) is 2.48. The lowest BCUT2D eigenvalue weighted by Crippen LogP contribution is -2.22. The van der Waals surface area contributed by atoms with E-state index >= 15 is 0 Å². The number of carboxylic acids is 1. The van der Waals surface area contributed by atoms with Crippen molar-refractivity contribution < 1.29 is 23.8 Å². The molecule has 0 fully saturated rings. The van der Waals surface area contributed by atoms with Crippen molar-refractivity contribution >= 4 is 17.6 Å². The Balaban J connectivity index is 1.86. The number of ether oxygens (including phenoxy) is 1. The number of carboxylic acid groups (broad SMARTS) is 1. The van der Waals surface area contributed by atoms with Gasteiger partial charge in [0.05, 0.1) is 5.97 Å². The normalized spacial score (nSPS) is 9.95. The Morgan fingerprint density at radius 1 is 1.05 bits per heavy atom. The van der Waals surface area contributed by atoms with E-state index in [4.69, 9.17) is 4.74 Å². The van der Waals surface area contributed by atoms with Gasteiger partial charge in [-0.15, -0.1) is 0 Å². The Bertz CT molecular complexity index is 638. The molecule has 1 N–H and O–H groups in total. The van der Waals surface area contributed by atoms with E-state index in [9.17, 15) is 19.1 Å². The van der Waals surface area contributed by atoms with Crippen molar-refractivity contribution in [2.45, 2.75) is 0 Å². The molecule has 0 spiro atoms. The van der Waals surface area contributed by atoms with Gasteiger partial charge in [-0.3, -0.25) is 4.79 Å². The van der Waals surface area contributed by atoms with Crippen molar-refractivity contribution in [3.05, 3.63) is 59.9 Å². The molecule has 0 saturated carbocycles. The standard InChI is InChI=1S/C15H12FNO4/c16-11-3-5-12(6-4-11)17-14(18)9-21-13-7-1-10(2-8-13)15(19)20/h1-8H,9H2,(H,17,18)(H,19,20)/p-1. The molecule has 0 heterocycles. The lowest BCUT2D eigenvalue weighted by Gasteiger charge is -2.08. The first-order valence-electron chi connectivity index (χ1n) is 6.04. The Labute approximate surface area is 120 Å². The molecule has 0 saturated heterocycles. The average molecular weight is 288 g/mol. The van der Waals surface area contributed by atoms with Crippen molar-refractivity contribution in [1.29, 1.82) is 0 Å². The first-order valence-corrected chi connectivity index (χ1v) is 6.04. The van der Waals surface area contributed by atoms with E-state index in [1.54, 1.807) is 0 Å². The van der Waals surface area contributed by atoms with E-state index in [0.29, 0.717) is 11.4 Å². The zero-order valence-corrected chi connectivity index (χ0v) is 10.8. The second-order valence-corrected chi connectivity index (χ2v) is 4.16. The van der Waals surface area contributed by atoms with Crippen LogP contribution in [-0.2, 0) is 4.79 Å². The molecule has 1 amide bonds. The van der Waals surface area contributed by atoms with Gasteiger partial charge in [0.2, 0.25) is 0 Å². The summed E-state index contributed by atoms with van der Waals surface area (Å²) >= 11 is 0. The van der Waals surface area contributed by atoms with Gasteiger partial charge in [0.25, 0.3) is 5.91 Å². The van der Waals surface area contributed by atoms with Crippen LogP contribution in [0.1, 0.15) is 10.4 Å². The number of anilines is 1. The number of halogens is 1. The van der Waals surface area contributed by atoms with E-state index in [1.165, 1.54) is 48.5 Å². The number of rotatable bonds is 5. The first kappa shape index (κ1) is 14.5. The molecule has 2 rings (SSSR count). The molecule has 0 radical (unpaired) electrons. The third-order valence-electron chi connectivity index (χ3n) is 2.59. The molecule has 0 aromatic heterocycles. The number of carbonyl (C=O) groups is 2. The zero-order valence-electron chi connectivity index (χ0n) is 10.8. The Hall–Kier alpha value is -2.89. The maximum Gasteiger partial charge on any atom is 0.262 e. The van der Waals surface area contributed by atoms with Crippen LogP contribution in [0.2, 0.25) is 0 Å². The van der Waals surface area contributed by atoms with Crippen molar-refractivity contribution in [2.75, 3.05) is 11.9 Å². The summed E-state index contributed by atoms with van der Waals surface area (Å²) in [6.07, 6.45) is 0. The highest BCUT2D eigenvalue weighted by Crippen LogP contribution is 2.12. The van der Waals surface area contributed by atoms with Crippen LogP contribution in [0.15, 0.2) is 48.5 Å². The second kappa shape index (κ2) is 6.51. The van der Waals surface area contributed by atoms with Crippen LogP contribution < -0.4 is 15.2 Å². The molecule has 0 aliphatic rings. The van der Waals surface area contributed by atoms with Crippen molar-refractivity contribution in [3.8, 4) is 5.75 Å². The van der Waals surface area contributed by atoms with Crippen LogP contribution in [0.25, 0.3) is 0 Å². The highest BCUT2D eigenvalue weighted by Gasteiger charge is 2.04. The predicted molar refractivity (Wildman–Crippen MR) is 71.3 cm³/mol. The number of carbonyl (C=O) groups excluding carboxylic acids is 2. The van der Waals surface area contributed by atoms with E-state index < -0.39 is 17.7 Å². The number of hydrogen-bond acceptors (Lipinski definition) is 4. The van der Waals surface area contributed by atoms with E-state index in [2.05, 4.69) is 5.32 Å². The maximum absolute atomic E-state index is 12.7. The molecule has 2 aromatic rings. The minimum atomic E-state index is -1.28. The quantitative estimate of drug-likeness (QED) is 0.897. The highest BCUT2D eigenvalue weighted by atomic mass is 19.1. The molecule has 6 heteroatoms. The number of nitrogens with one attached hydrogen (secondary N) is 1. The van der Waals surface area contributed by atoms with Gasteiger partial charge in [-0.1, -0.05) is 0 Å². The fourth-order valence-corrected chi connectivity index (χ4v) is 1.57. The largest absolute Gasteiger partial charge is 0.545 e. The zero-order chi connectivity index (χ0) is 15.2. The molecule has 0 aliphatic heterocycles. The van der Waals surface area contributed by atoms with E-state index in [1.807, 2.05) is 0 Å². The number of aromatic carboxylic acids is 1. The van der Waals surface area contributed by atoms with Crippen molar-refractivity contribution in [3.63, 3.8) is 0 Å². The van der Waals surface area contributed by atoms with Crippen LogP contribution in [0.5, 0.6) is 5.75 Å². The molecule has 0 aliphatic carbocycles. The number of benzene rings is 2. The lowest BCUT2D eigenvalue weighted by atomic mass is 10.2. The van der Waals surface area contributed by atoms with Gasteiger partial charge < -0.3 is 20.0 Å². The lowest BCUT2D eigenvalue weighted by molar-refractivity contribution is -0.255. The Morgan fingerprint density at radius 3 is 2.24 bits per heavy atom. The molecule has 108 valence electrons. The van der Waals surface area contributed by atoms with Crippen LogP contribution in [0, 0.1) is 5.82 Å². The minimum Gasteiger partial charge on any atom is -0.545 e. The Morgan fingerprint density at radius 2 is 1.67 bits per heavy atom. The fourth-order valence-electron chi connectivity index (χ4n) is 1.57. The summed E-state index contributed by atoms with van der Waals surface area (Å²) < 4.78 is 17.9. The fraction of sp³-hybridized carbons (Fsp3) is 0.0667. The van der Waals surface area contributed by atoms with Gasteiger partial charge in [-0.2, -0.15) is 0 Å². The highest BCUT2D eigenvalue weighted by molar-refractivity contribution is 5.91. The third kappa shape index (κ3) is 4.31. The topological polar surface area (TPSA) is 78.5 Å². The second-order valence-electron chi connectivity index (χ2n) is 4.16. The third-order valence-corrected chi connectivity index (χ3v) is 2.59. The monoisotopic (exact) mass is 288 g/mol. The summed E-state index contributed by atoms with van der Waals surface area (Å²) in [4.78, 5) is 22.2. The van der Waals surface area contributed by atoms with Gasteiger partial charge in [0.15, 0.2) is 6.61 Å². The molecular weight excluding hydrogens is 277 g/mol. The van der Waals surface area contributed by atoms with Crippen molar-refractivity contribution in [1.82, 2.24) is 0 Å². The summed E-state index contributed by atoms with van der Waals surface area (Å²) in [5, 5.41) is 13.1. The van der Waals surface area contributed by atoms with Gasteiger partial charge in [-0.05, 0) is 54.1 Å². The molecule has 0 bridgehead atoms. The number of hydrogen-bond donors (Lipinski definition) is 1. The first-order chi connectivity index (χ1) is 10.0. The molecule has 0 atom stereocenters.